The fraction of sp³-hybridized carbons (Fsp3) is 1.00. The number of nitrogens with one attached hydrogen (secondary N) is 1. The Hall–Kier alpha value is -0.0800. The highest BCUT2D eigenvalue weighted by Crippen LogP contribution is 2.44. The molecule has 1 heterocycles. The van der Waals surface area contributed by atoms with Crippen LogP contribution in [0.3, 0.4) is 0 Å². The normalized spacial score (nSPS) is 34.8. The third kappa shape index (κ3) is 3.03. The second-order valence-corrected chi connectivity index (χ2v) is 6.94. The van der Waals surface area contributed by atoms with E-state index in [0.29, 0.717) is 11.5 Å². The lowest BCUT2D eigenvalue weighted by Crippen LogP contribution is -2.41. The second kappa shape index (κ2) is 5.27. The van der Waals surface area contributed by atoms with Crippen molar-refractivity contribution in [1.29, 1.82) is 0 Å². The minimum Gasteiger partial charge on any atom is -0.312 e. The molecule has 102 valence electrons. The van der Waals surface area contributed by atoms with E-state index in [4.69, 9.17) is 0 Å². The molecular weight excluding hydrogens is 208 g/mol. The number of likely N-dealkylation sites (N-methyl/N-ethyl adjacent to an activating group) is 2. The molecule has 17 heavy (non-hydrogen) atoms. The van der Waals surface area contributed by atoms with Crippen LogP contribution in [0.5, 0.6) is 0 Å². The smallest absolute Gasteiger partial charge is 0.157 e. The highest BCUT2D eigenvalue weighted by Gasteiger charge is 2.64. The summed E-state index contributed by atoms with van der Waals surface area (Å²) < 4.78 is 1.27. The Kier molecular flexibility index (Phi) is 4.65. The van der Waals surface area contributed by atoms with Gasteiger partial charge in [0.2, 0.25) is 0 Å². The molecule has 2 heteroatoms. The lowest BCUT2D eigenvalue weighted by atomic mass is 9.89. The van der Waals surface area contributed by atoms with Gasteiger partial charge < -0.3 is 9.80 Å². The van der Waals surface area contributed by atoms with Crippen LogP contribution in [0.15, 0.2) is 0 Å². The molecule has 0 radical (unpaired) electrons. The maximum absolute atomic E-state index is 3.54. The lowest BCUT2D eigenvalue weighted by Gasteiger charge is -2.29. The number of hydrogen-bond donors (Lipinski definition) is 1. The van der Waals surface area contributed by atoms with Crippen molar-refractivity contribution in [2.45, 2.75) is 72.0 Å². The minimum atomic E-state index is 0.474. The van der Waals surface area contributed by atoms with Gasteiger partial charge in [-0.1, -0.05) is 34.1 Å². The van der Waals surface area contributed by atoms with E-state index in [1.54, 1.807) is 0 Å². The Balaban J connectivity index is 2.67. The molecule has 0 saturated carbocycles. The summed E-state index contributed by atoms with van der Waals surface area (Å²) in [5.41, 5.74) is 0.474. The van der Waals surface area contributed by atoms with E-state index in [1.807, 2.05) is 0 Å². The monoisotopic (exact) mass is 241 g/mol. The number of nitrogens with zero attached hydrogens (tertiary/aromatic N) is 1. The van der Waals surface area contributed by atoms with E-state index in [9.17, 15) is 0 Å². The van der Waals surface area contributed by atoms with Crippen molar-refractivity contribution in [1.82, 2.24) is 5.32 Å². The summed E-state index contributed by atoms with van der Waals surface area (Å²) in [4.78, 5) is 0. The van der Waals surface area contributed by atoms with Crippen molar-refractivity contribution < 1.29 is 4.48 Å². The zero-order valence-corrected chi connectivity index (χ0v) is 13.0. The molecule has 0 aromatic carbocycles. The Morgan fingerprint density at radius 1 is 1.29 bits per heavy atom. The van der Waals surface area contributed by atoms with Crippen molar-refractivity contribution in [3.05, 3.63) is 0 Å². The van der Waals surface area contributed by atoms with Crippen LogP contribution in [-0.2, 0) is 0 Å². The van der Waals surface area contributed by atoms with Crippen molar-refractivity contribution in [3.63, 3.8) is 0 Å². The van der Waals surface area contributed by atoms with E-state index >= 15 is 0 Å². The summed E-state index contributed by atoms with van der Waals surface area (Å²) in [6.45, 7) is 13.2. The average Bonchev–Trinajstić information content (AvgIpc) is 2.77. The van der Waals surface area contributed by atoms with Crippen LogP contribution in [0.1, 0.15) is 53.9 Å². The summed E-state index contributed by atoms with van der Waals surface area (Å²) in [5, 5.41) is 3.54. The van der Waals surface area contributed by atoms with Gasteiger partial charge in [-0.05, 0) is 26.8 Å². The standard InChI is InChI=1S/C15H33N2/c1-8-10-13(16-6)14-12(3)17(14,7)11-15(4,5)9-2/h12-14,16H,8-11H2,1-7H3/q+1. The Bertz CT molecular complexity index is 249. The summed E-state index contributed by atoms with van der Waals surface area (Å²) in [6.07, 6.45) is 3.87. The zero-order chi connectivity index (χ0) is 13.3. The van der Waals surface area contributed by atoms with Gasteiger partial charge in [0.15, 0.2) is 6.04 Å². The van der Waals surface area contributed by atoms with Crippen LogP contribution in [0.2, 0.25) is 0 Å². The van der Waals surface area contributed by atoms with Gasteiger partial charge in [0.1, 0.15) is 6.04 Å². The van der Waals surface area contributed by atoms with Gasteiger partial charge in [0, 0.05) is 5.41 Å². The van der Waals surface area contributed by atoms with E-state index < -0.39 is 0 Å². The molecule has 1 rings (SSSR count). The molecule has 0 aliphatic carbocycles. The predicted molar refractivity (Wildman–Crippen MR) is 76.1 cm³/mol. The van der Waals surface area contributed by atoms with E-state index in [1.165, 1.54) is 30.3 Å². The zero-order valence-electron chi connectivity index (χ0n) is 13.0. The van der Waals surface area contributed by atoms with E-state index in [0.717, 1.165) is 12.1 Å². The molecule has 0 aromatic heterocycles. The summed E-state index contributed by atoms with van der Waals surface area (Å²) in [5.74, 6) is 0. The van der Waals surface area contributed by atoms with Crippen LogP contribution in [0.4, 0.5) is 0 Å². The van der Waals surface area contributed by atoms with Crippen LogP contribution < -0.4 is 5.32 Å². The molecule has 1 saturated heterocycles. The molecule has 0 bridgehead atoms. The second-order valence-electron chi connectivity index (χ2n) is 6.94. The Labute approximate surface area is 108 Å². The predicted octanol–water partition coefficient (Wildman–Crippen LogP) is 3.03. The maximum Gasteiger partial charge on any atom is 0.157 e. The average molecular weight is 241 g/mol. The third-order valence-electron chi connectivity index (χ3n) is 5.12. The molecule has 1 fully saturated rings. The molecular formula is C15H33N2+. The molecule has 1 aliphatic heterocycles. The number of rotatable bonds is 7. The van der Waals surface area contributed by atoms with Crippen LogP contribution >= 0.6 is 0 Å². The molecule has 0 amide bonds. The molecule has 1 aliphatic rings. The van der Waals surface area contributed by atoms with Gasteiger partial charge in [0.05, 0.1) is 19.6 Å². The minimum absolute atomic E-state index is 0.474. The summed E-state index contributed by atoms with van der Waals surface area (Å²) in [7, 11) is 4.58. The number of quaternary nitrogens is 1. The van der Waals surface area contributed by atoms with Crippen LogP contribution in [0.25, 0.3) is 0 Å². The molecule has 1 N–H and O–H groups in total. The van der Waals surface area contributed by atoms with Gasteiger partial charge in [-0.25, -0.2) is 0 Å². The first-order valence-electron chi connectivity index (χ1n) is 7.34. The molecule has 0 aromatic rings. The van der Waals surface area contributed by atoms with Gasteiger partial charge >= 0.3 is 0 Å². The first-order valence-corrected chi connectivity index (χ1v) is 7.34. The van der Waals surface area contributed by atoms with Crippen molar-refractivity contribution in [2.24, 2.45) is 5.41 Å². The molecule has 0 spiro atoms. The highest BCUT2D eigenvalue weighted by molar-refractivity contribution is 4.94. The van der Waals surface area contributed by atoms with Crippen molar-refractivity contribution in [3.8, 4) is 0 Å². The largest absolute Gasteiger partial charge is 0.312 e. The third-order valence-corrected chi connectivity index (χ3v) is 5.12. The van der Waals surface area contributed by atoms with Gasteiger partial charge in [0.25, 0.3) is 0 Å². The van der Waals surface area contributed by atoms with Crippen LogP contribution in [-0.4, -0.2) is 43.2 Å². The van der Waals surface area contributed by atoms with Gasteiger partial charge in [-0.15, -0.1) is 0 Å². The van der Waals surface area contributed by atoms with Crippen LogP contribution in [0, 0.1) is 5.41 Å². The Morgan fingerprint density at radius 3 is 2.29 bits per heavy atom. The quantitative estimate of drug-likeness (QED) is 0.534. The molecule has 4 atom stereocenters. The van der Waals surface area contributed by atoms with Crippen molar-refractivity contribution >= 4 is 0 Å². The van der Waals surface area contributed by atoms with Gasteiger partial charge in [-0.2, -0.15) is 0 Å². The lowest BCUT2D eigenvalue weighted by molar-refractivity contribution is -0.813. The van der Waals surface area contributed by atoms with E-state index in [-0.39, 0.29) is 0 Å². The SMILES string of the molecule is CCCC(NC)C1C(C)[N+]1(C)CC(C)(C)CC. The molecule has 2 nitrogen and oxygen atoms in total. The summed E-state index contributed by atoms with van der Waals surface area (Å²) >= 11 is 0. The fourth-order valence-corrected chi connectivity index (χ4v) is 3.56. The van der Waals surface area contributed by atoms with Gasteiger partial charge in [-0.3, -0.25) is 0 Å². The Morgan fingerprint density at radius 2 is 1.88 bits per heavy atom. The first kappa shape index (κ1) is 15.0. The topological polar surface area (TPSA) is 12.0 Å². The fourth-order valence-electron chi connectivity index (χ4n) is 3.56. The molecule has 4 unspecified atom stereocenters. The highest BCUT2D eigenvalue weighted by atomic mass is 15.5. The van der Waals surface area contributed by atoms with Crippen molar-refractivity contribution in [2.75, 3.05) is 20.6 Å². The van der Waals surface area contributed by atoms with E-state index in [2.05, 4.69) is 54.0 Å². The summed E-state index contributed by atoms with van der Waals surface area (Å²) in [6, 6.07) is 2.35. The maximum atomic E-state index is 3.54. The first-order chi connectivity index (χ1) is 7.82. The number of hydrogen-bond acceptors (Lipinski definition) is 1.